The van der Waals surface area contributed by atoms with Gasteiger partial charge >= 0.3 is 0 Å². The number of hydrogen-bond acceptors (Lipinski definition) is 4. The third-order valence-electron chi connectivity index (χ3n) is 3.53. The average molecular weight is 315 g/mol. The van der Waals surface area contributed by atoms with Crippen LogP contribution in [0.4, 0.5) is 0 Å². The highest BCUT2D eigenvalue weighted by Crippen LogP contribution is 2.13. The van der Waals surface area contributed by atoms with Crippen LogP contribution in [-0.2, 0) is 13.0 Å². The van der Waals surface area contributed by atoms with E-state index in [1.807, 2.05) is 6.92 Å². The molecule has 0 aliphatic carbocycles. The lowest BCUT2D eigenvalue weighted by molar-refractivity contribution is 0.387. The maximum absolute atomic E-state index is 4.96. The first-order valence-electron chi connectivity index (χ1n) is 8.05. The van der Waals surface area contributed by atoms with E-state index in [1.54, 1.807) is 6.92 Å². The van der Waals surface area contributed by atoms with Crippen molar-refractivity contribution in [3.63, 3.8) is 0 Å². The summed E-state index contributed by atoms with van der Waals surface area (Å²) in [5.41, 5.74) is 2.57. The highest BCUT2D eigenvalue weighted by atomic mass is 16.5. The minimum absolute atomic E-state index is 0.158. The van der Waals surface area contributed by atoms with Crippen molar-refractivity contribution in [1.82, 2.24) is 20.8 Å². The van der Waals surface area contributed by atoms with E-state index in [0.717, 1.165) is 18.9 Å². The Hall–Kier alpha value is -2.37. The largest absolute Gasteiger partial charge is 0.357 e. The number of aromatic nitrogens is 2. The highest BCUT2D eigenvalue weighted by Gasteiger charge is 2.08. The van der Waals surface area contributed by atoms with Gasteiger partial charge in [0.25, 0.3) is 0 Å². The summed E-state index contributed by atoms with van der Waals surface area (Å²) in [6, 6.07) is 8.80. The van der Waals surface area contributed by atoms with Gasteiger partial charge in [-0.2, -0.15) is 4.98 Å². The standard InChI is InChI=1S/C17H25N5O/c1-5-14-7-9-15(10-8-14)12(3)20-17(18-6-2)19-11-16-21-13(4)23-22-16/h7-10,12H,5-6,11H2,1-4H3,(H2,18,19,20). The van der Waals surface area contributed by atoms with Crippen LogP contribution < -0.4 is 10.6 Å². The van der Waals surface area contributed by atoms with E-state index in [2.05, 4.69) is 63.9 Å². The number of guanidine groups is 1. The molecular formula is C17H25N5O. The van der Waals surface area contributed by atoms with Gasteiger partial charge in [-0.05, 0) is 31.4 Å². The molecule has 0 fully saturated rings. The zero-order chi connectivity index (χ0) is 16.7. The molecule has 124 valence electrons. The maximum atomic E-state index is 4.96. The van der Waals surface area contributed by atoms with Gasteiger partial charge in [0.15, 0.2) is 11.8 Å². The smallest absolute Gasteiger partial charge is 0.223 e. The number of rotatable bonds is 6. The van der Waals surface area contributed by atoms with Crippen LogP contribution in [0.2, 0.25) is 0 Å². The molecule has 2 rings (SSSR count). The number of benzene rings is 1. The van der Waals surface area contributed by atoms with Crippen LogP contribution in [0, 0.1) is 6.92 Å². The van der Waals surface area contributed by atoms with Crippen LogP contribution in [0.3, 0.4) is 0 Å². The minimum Gasteiger partial charge on any atom is -0.357 e. The van der Waals surface area contributed by atoms with Crippen LogP contribution in [0.1, 0.15) is 49.7 Å². The lowest BCUT2D eigenvalue weighted by Crippen LogP contribution is -2.38. The summed E-state index contributed by atoms with van der Waals surface area (Å²) in [4.78, 5) is 8.66. The molecule has 2 aromatic rings. The summed E-state index contributed by atoms with van der Waals surface area (Å²) in [6.07, 6.45) is 1.05. The first-order chi connectivity index (χ1) is 11.1. The van der Waals surface area contributed by atoms with Crippen molar-refractivity contribution < 1.29 is 4.52 Å². The van der Waals surface area contributed by atoms with Gasteiger partial charge in [0, 0.05) is 13.5 Å². The van der Waals surface area contributed by atoms with Gasteiger partial charge in [0.2, 0.25) is 5.89 Å². The molecule has 0 radical (unpaired) electrons. The molecule has 0 saturated heterocycles. The van der Waals surface area contributed by atoms with E-state index in [0.29, 0.717) is 18.3 Å². The molecule has 0 spiro atoms. The average Bonchev–Trinajstić information content (AvgIpc) is 2.98. The Morgan fingerprint density at radius 1 is 1.26 bits per heavy atom. The van der Waals surface area contributed by atoms with Gasteiger partial charge in [-0.15, -0.1) is 0 Å². The van der Waals surface area contributed by atoms with Crippen molar-refractivity contribution in [2.75, 3.05) is 6.54 Å². The minimum atomic E-state index is 0.158. The molecule has 2 N–H and O–H groups in total. The molecule has 1 aromatic heterocycles. The predicted octanol–water partition coefficient (Wildman–Crippen LogP) is 2.76. The van der Waals surface area contributed by atoms with Crippen LogP contribution in [0.5, 0.6) is 0 Å². The van der Waals surface area contributed by atoms with Gasteiger partial charge in [-0.1, -0.05) is 36.3 Å². The third kappa shape index (κ3) is 5.09. The fraction of sp³-hybridized carbons (Fsp3) is 0.471. The molecule has 6 nitrogen and oxygen atoms in total. The number of nitrogens with one attached hydrogen (secondary N) is 2. The van der Waals surface area contributed by atoms with Crippen LogP contribution in [-0.4, -0.2) is 22.6 Å². The molecule has 0 aliphatic rings. The van der Waals surface area contributed by atoms with E-state index in [4.69, 9.17) is 4.52 Å². The summed E-state index contributed by atoms with van der Waals surface area (Å²) in [7, 11) is 0. The molecule has 1 heterocycles. The van der Waals surface area contributed by atoms with Gasteiger partial charge in [-0.3, -0.25) is 0 Å². The molecule has 0 bridgehead atoms. The number of hydrogen-bond donors (Lipinski definition) is 2. The fourth-order valence-electron chi connectivity index (χ4n) is 2.21. The Kier molecular flexibility index (Phi) is 6.14. The van der Waals surface area contributed by atoms with Crippen LogP contribution in [0.15, 0.2) is 33.8 Å². The van der Waals surface area contributed by atoms with Crippen molar-refractivity contribution in [3.8, 4) is 0 Å². The van der Waals surface area contributed by atoms with Crippen molar-refractivity contribution in [2.24, 2.45) is 4.99 Å². The Labute approximate surface area is 137 Å². The van der Waals surface area contributed by atoms with Crippen molar-refractivity contribution >= 4 is 5.96 Å². The van der Waals surface area contributed by atoms with Gasteiger partial charge in [-0.25, -0.2) is 4.99 Å². The Morgan fingerprint density at radius 3 is 2.57 bits per heavy atom. The first kappa shape index (κ1) is 17.0. The van der Waals surface area contributed by atoms with E-state index < -0.39 is 0 Å². The summed E-state index contributed by atoms with van der Waals surface area (Å²) in [5, 5.41) is 10.5. The van der Waals surface area contributed by atoms with Crippen molar-refractivity contribution in [1.29, 1.82) is 0 Å². The fourth-order valence-corrected chi connectivity index (χ4v) is 2.21. The van der Waals surface area contributed by atoms with E-state index in [1.165, 1.54) is 11.1 Å². The zero-order valence-corrected chi connectivity index (χ0v) is 14.3. The maximum Gasteiger partial charge on any atom is 0.223 e. The summed E-state index contributed by atoms with van der Waals surface area (Å²) in [5.74, 6) is 1.87. The second-order valence-electron chi connectivity index (χ2n) is 5.39. The molecule has 0 saturated carbocycles. The lowest BCUT2D eigenvalue weighted by Gasteiger charge is -2.18. The predicted molar refractivity (Wildman–Crippen MR) is 91.2 cm³/mol. The monoisotopic (exact) mass is 315 g/mol. The molecule has 6 heteroatoms. The Morgan fingerprint density at radius 2 is 2.00 bits per heavy atom. The second-order valence-corrected chi connectivity index (χ2v) is 5.39. The van der Waals surface area contributed by atoms with Crippen molar-refractivity contribution in [2.45, 2.75) is 46.7 Å². The number of aliphatic imine (C=N–C) groups is 1. The molecule has 0 amide bonds. The van der Waals surface area contributed by atoms with Gasteiger partial charge in [0.05, 0.1) is 6.04 Å². The molecule has 23 heavy (non-hydrogen) atoms. The second kappa shape index (κ2) is 8.31. The highest BCUT2D eigenvalue weighted by molar-refractivity contribution is 5.80. The summed E-state index contributed by atoms with van der Waals surface area (Å²) < 4.78 is 4.96. The number of nitrogens with zero attached hydrogens (tertiary/aromatic N) is 3. The van der Waals surface area contributed by atoms with E-state index in [-0.39, 0.29) is 6.04 Å². The SMILES string of the molecule is CCNC(=NCc1noc(C)n1)NC(C)c1ccc(CC)cc1. The molecule has 1 atom stereocenters. The molecule has 0 aliphatic heterocycles. The summed E-state index contributed by atoms with van der Waals surface area (Å²) in [6.45, 7) is 9.26. The number of aryl methyl sites for hydroxylation is 2. The topological polar surface area (TPSA) is 75.3 Å². The van der Waals surface area contributed by atoms with Gasteiger partial charge < -0.3 is 15.2 Å². The van der Waals surface area contributed by atoms with Gasteiger partial charge in [0.1, 0.15) is 6.54 Å². The van der Waals surface area contributed by atoms with Crippen LogP contribution >= 0.6 is 0 Å². The Balaban J connectivity index is 2.01. The third-order valence-corrected chi connectivity index (χ3v) is 3.53. The normalized spacial score (nSPS) is 13.0. The zero-order valence-electron chi connectivity index (χ0n) is 14.3. The first-order valence-corrected chi connectivity index (χ1v) is 8.05. The molecule has 1 aromatic carbocycles. The molecule has 1 unspecified atom stereocenters. The Bertz CT molecular complexity index is 633. The summed E-state index contributed by atoms with van der Waals surface area (Å²) >= 11 is 0. The van der Waals surface area contributed by atoms with Crippen molar-refractivity contribution in [3.05, 3.63) is 47.1 Å². The van der Waals surface area contributed by atoms with Crippen LogP contribution in [0.25, 0.3) is 0 Å². The molecular weight excluding hydrogens is 290 g/mol. The van der Waals surface area contributed by atoms with E-state index in [9.17, 15) is 0 Å². The van der Waals surface area contributed by atoms with E-state index >= 15 is 0 Å². The lowest BCUT2D eigenvalue weighted by atomic mass is 10.1. The quantitative estimate of drug-likeness (QED) is 0.633.